The lowest BCUT2D eigenvalue weighted by atomic mass is 9.96. The van der Waals surface area contributed by atoms with E-state index in [1.807, 2.05) is 6.92 Å². The number of aromatic nitrogens is 2. The molecule has 2 N–H and O–H groups in total. The fraction of sp³-hybridized carbons (Fsp3) is 0.538. The van der Waals surface area contributed by atoms with Crippen molar-refractivity contribution in [1.82, 2.24) is 14.9 Å². The second-order valence-corrected chi connectivity index (χ2v) is 4.83. The highest BCUT2D eigenvalue weighted by Gasteiger charge is 2.26. The zero-order chi connectivity index (χ0) is 14.5. The lowest BCUT2D eigenvalue weighted by Crippen LogP contribution is -2.43. The quantitative estimate of drug-likeness (QED) is 0.828. The predicted molar refractivity (Wildman–Crippen MR) is 70.8 cm³/mol. The summed E-state index contributed by atoms with van der Waals surface area (Å²) in [5.74, 6) is -0.542. The number of carbonyl (C=O) groups is 2. The molecule has 1 aromatic rings. The molecule has 1 fully saturated rings. The number of primary amides is 1. The zero-order valence-corrected chi connectivity index (χ0v) is 11.4. The van der Waals surface area contributed by atoms with Crippen molar-refractivity contribution in [3.8, 4) is 6.01 Å². The van der Waals surface area contributed by atoms with Crippen LogP contribution >= 0.6 is 0 Å². The minimum absolute atomic E-state index is 0.0926. The number of ether oxygens (including phenoxy) is 1. The topological polar surface area (TPSA) is 98.4 Å². The molecule has 0 spiro atoms. The summed E-state index contributed by atoms with van der Waals surface area (Å²) in [6.07, 6.45) is 2.81. The van der Waals surface area contributed by atoms with Gasteiger partial charge in [-0.15, -0.1) is 0 Å². The maximum atomic E-state index is 12.0. The van der Waals surface area contributed by atoms with Crippen LogP contribution in [0.25, 0.3) is 0 Å². The van der Waals surface area contributed by atoms with E-state index in [1.54, 1.807) is 17.2 Å². The average molecular weight is 278 g/mol. The summed E-state index contributed by atoms with van der Waals surface area (Å²) >= 11 is 0. The molecule has 2 amide bonds. The van der Waals surface area contributed by atoms with Crippen LogP contribution in [0, 0.1) is 12.8 Å². The minimum atomic E-state index is -0.290. The van der Waals surface area contributed by atoms with Gasteiger partial charge in [0, 0.05) is 30.9 Å². The van der Waals surface area contributed by atoms with Gasteiger partial charge in [-0.25, -0.2) is 9.97 Å². The predicted octanol–water partition coefficient (Wildman–Crippen LogP) is -0.112. The first-order valence-corrected chi connectivity index (χ1v) is 6.56. The van der Waals surface area contributed by atoms with Crippen LogP contribution in [0.2, 0.25) is 0 Å². The van der Waals surface area contributed by atoms with E-state index >= 15 is 0 Å². The first-order valence-electron chi connectivity index (χ1n) is 6.56. The average Bonchev–Trinajstić information content (AvgIpc) is 2.45. The van der Waals surface area contributed by atoms with Crippen molar-refractivity contribution in [3.63, 3.8) is 0 Å². The van der Waals surface area contributed by atoms with E-state index < -0.39 is 0 Å². The van der Waals surface area contributed by atoms with Gasteiger partial charge < -0.3 is 15.4 Å². The normalized spacial score (nSPS) is 15.9. The molecule has 7 nitrogen and oxygen atoms in total. The highest BCUT2D eigenvalue weighted by Crippen LogP contribution is 2.16. The van der Waals surface area contributed by atoms with E-state index in [0.717, 1.165) is 5.69 Å². The lowest BCUT2D eigenvalue weighted by molar-refractivity contribution is -0.136. The molecule has 0 atom stereocenters. The van der Waals surface area contributed by atoms with Crippen molar-refractivity contribution in [2.75, 3.05) is 19.7 Å². The summed E-state index contributed by atoms with van der Waals surface area (Å²) in [5.41, 5.74) is 6.04. The first kappa shape index (κ1) is 14.2. The van der Waals surface area contributed by atoms with Gasteiger partial charge in [0.1, 0.15) is 0 Å². The summed E-state index contributed by atoms with van der Waals surface area (Å²) in [5, 5.41) is 0. The van der Waals surface area contributed by atoms with E-state index in [1.165, 1.54) is 0 Å². The van der Waals surface area contributed by atoms with Crippen LogP contribution in [-0.4, -0.2) is 46.4 Å². The molecule has 20 heavy (non-hydrogen) atoms. The number of nitrogens with two attached hydrogens (primary N) is 1. The summed E-state index contributed by atoms with van der Waals surface area (Å²) < 4.78 is 5.27. The molecule has 1 aliphatic rings. The fourth-order valence-electron chi connectivity index (χ4n) is 2.13. The second kappa shape index (κ2) is 6.31. The van der Waals surface area contributed by atoms with E-state index in [-0.39, 0.29) is 30.3 Å². The van der Waals surface area contributed by atoms with Crippen LogP contribution in [0.5, 0.6) is 6.01 Å². The van der Waals surface area contributed by atoms with Crippen molar-refractivity contribution in [1.29, 1.82) is 0 Å². The Hall–Kier alpha value is -2.18. The molecule has 0 saturated carbocycles. The lowest BCUT2D eigenvalue weighted by Gasteiger charge is -2.30. The van der Waals surface area contributed by atoms with Gasteiger partial charge >= 0.3 is 6.01 Å². The Morgan fingerprint density at radius 3 is 2.75 bits per heavy atom. The molecule has 0 bridgehead atoms. The van der Waals surface area contributed by atoms with Crippen molar-refractivity contribution < 1.29 is 14.3 Å². The van der Waals surface area contributed by atoms with E-state index in [2.05, 4.69) is 9.97 Å². The standard InChI is InChI=1S/C13H18N4O3/c1-9-2-5-15-13(16-9)20-8-11(18)17-6-3-10(4-7-17)12(14)19/h2,5,10H,3-4,6-8H2,1H3,(H2,14,19). The maximum absolute atomic E-state index is 12.0. The number of piperidine rings is 1. The number of aryl methyl sites for hydroxylation is 1. The molecular formula is C13H18N4O3. The Kier molecular flexibility index (Phi) is 4.49. The third-order valence-corrected chi connectivity index (χ3v) is 3.35. The molecule has 0 unspecified atom stereocenters. The van der Waals surface area contributed by atoms with Gasteiger partial charge in [-0.3, -0.25) is 9.59 Å². The molecule has 0 aromatic carbocycles. The van der Waals surface area contributed by atoms with Crippen molar-refractivity contribution >= 4 is 11.8 Å². The highest BCUT2D eigenvalue weighted by molar-refractivity contribution is 5.79. The second-order valence-electron chi connectivity index (χ2n) is 4.83. The van der Waals surface area contributed by atoms with Crippen molar-refractivity contribution in [2.45, 2.75) is 19.8 Å². The Bertz CT molecular complexity index is 498. The Labute approximate surface area is 117 Å². The summed E-state index contributed by atoms with van der Waals surface area (Å²) in [6.45, 7) is 2.80. The molecule has 1 aliphatic heterocycles. The van der Waals surface area contributed by atoms with Crippen molar-refractivity contribution in [2.24, 2.45) is 11.7 Å². The van der Waals surface area contributed by atoms with Crippen LogP contribution in [0.15, 0.2) is 12.3 Å². The van der Waals surface area contributed by atoms with Crippen molar-refractivity contribution in [3.05, 3.63) is 18.0 Å². The SMILES string of the molecule is Cc1ccnc(OCC(=O)N2CCC(C(N)=O)CC2)n1. The molecule has 1 saturated heterocycles. The molecule has 2 heterocycles. The number of hydrogen-bond donors (Lipinski definition) is 1. The Balaban J connectivity index is 1.80. The Morgan fingerprint density at radius 2 is 2.15 bits per heavy atom. The molecule has 2 rings (SSSR count). The molecule has 108 valence electrons. The monoisotopic (exact) mass is 278 g/mol. The molecule has 0 radical (unpaired) electrons. The smallest absolute Gasteiger partial charge is 0.317 e. The Morgan fingerprint density at radius 1 is 1.45 bits per heavy atom. The molecule has 0 aliphatic carbocycles. The summed E-state index contributed by atoms with van der Waals surface area (Å²) in [4.78, 5) is 32.7. The van der Waals surface area contributed by atoms with Crippen LogP contribution in [-0.2, 0) is 9.59 Å². The van der Waals surface area contributed by atoms with E-state index in [4.69, 9.17) is 10.5 Å². The molecule has 7 heteroatoms. The van der Waals surface area contributed by atoms with Gasteiger partial charge in [-0.2, -0.15) is 0 Å². The van der Waals surface area contributed by atoms with Gasteiger partial charge in [0.15, 0.2) is 6.61 Å². The number of rotatable bonds is 4. The van der Waals surface area contributed by atoms with Gasteiger partial charge in [-0.05, 0) is 25.8 Å². The van der Waals surface area contributed by atoms with Crippen LogP contribution in [0.4, 0.5) is 0 Å². The van der Waals surface area contributed by atoms with Gasteiger partial charge in [0.25, 0.3) is 5.91 Å². The van der Waals surface area contributed by atoms with Crippen LogP contribution in [0.1, 0.15) is 18.5 Å². The van der Waals surface area contributed by atoms with Gasteiger partial charge in [-0.1, -0.05) is 0 Å². The third-order valence-electron chi connectivity index (χ3n) is 3.35. The number of hydrogen-bond acceptors (Lipinski definition) is 5. The maximum Gasteiger partial charge on any atom is 0.317 e. The van der Waals surface area contributed by atoms with Crippen LogP contribution in [0.3, 0.4) is 0 Å². The van der Waals surface area contributed by atoms with Gasteiger partial charge in [0.05, 0.1) is 0 Å². The largest absolute Gasteiger partial charge is 0.453 e. The summed E-state index contributed by atoms with van der Waals surface area (Å²) in [6, 6.07) is 1.95. The number of likely N-dealkylation sites (tertiary alicyclic amines) is 1. The molecular weight excluding hydrogens is 260 g/mol. The molecule has 1 aromatic heterocycles. The van der Waals surface area contributed by atoms with Crippen LogP contribution < -0.4 is 10.5 Å². The minimum Gasteiger partial charge on any atom is -0.453 e. The van der Waals surface area contributed by atoms with Gasteiger partial charge in [0.2, 0.25) is 5.91 Å². The summed E-state index contributed by atoms with van der Waals surface area (Å²) in [7, 11) is 0. The third kappa shape index (κ3) is 3.66. The zero-order valence-electron chi connectivity index (χ0n) is 11.4. The number of carbonyl (C=O) groups excluding carboxylic acids is 2. The fourth-order valence-corrected chi connectivity index (χ4v) is 2.13. The number of nitrogens with zero attached hydrogens (tertiary/aromatic N) is 3. The first-order chi connectivity index (χ1) is 9.56. The number of amides is 2. The van der Waals surface area contributed by atoms with E-state index in [9.17, 15) is 9.59 Å². The highest BCUT2D eigenvalue weighted by atomic mass is 16.5. The van der Waals surface area contributed by atoms with E-state index in [0.29, 0.717) is 25.9 Å².